The van der Waals surface area contributed by atoms with Crippen LogP contribution in [0.25, 0.3) is 0 Å². The highest BCUT2D eigenvalue weighted by Crippen LogP contribution is 2.30. The summed E-state index contributed by atoms with van der Waals surface area (Å²) in [5.74, 6) is -0.130. The lowest BCUT2D eigenvalue weighted by Gasteiger charge is -2.35. The van der Waals surface area contributed by atoms with Gasteiger partial charge in [-0.3, -0.25) is 0 Å². The SMILES string of the molecule is CCC(COC(N)=O)C(OC(N)=O)C(C)(C)C. The molecule has 0 heterocycles. The average molecular weight is 246 g/mol. The lowest BCUT2D eigenvalue weighted by atomic mass is 9.80. The molecule has 0 aromatic carbocycles. The maximum atomic E-state index is 10.9. The number of carbonyl (C=O) groups is 2. The van der Waals surface area contributed by atoms with Gasteiger partial charge in [-0.25, -0.2) is 9.59 Å². The zero-order valence-electron chi connectivity index (χ0n) is 10.9. The zero-order chi connectivity index (χ0) is 13.6. The van der Waals surface area contributed by atoms with Crippen LogP contribution in [0.5, 0.6) is 0 Å². The van der Waals surface area contributed by atoms with Gasteiger partial charge in [0.2, 0.25) is 0 Å². The molecule has 0 aromatic rings. The van der Waals surface area contributed by atoms with Gasteiger partial charge in [0.15, 0.2) is 0 Å². The van der Waals surface area contributed by atoms with E-state index in [1.807, 2.05) is 27.7 Å². The second kappa shape index (κ2) is 6.32. The van der Waals surface area contributed by atoms with Crippen molar-refractivity contribution in [3.05, 3.63) is 0 Å². The predicted octanol–water partition coefficient (Wildman–Crippen LogP) is 1.62. The van der Waals surface area contributed by atoms with Crippen LogP contribution in [-0.4, -0.2) is 24.9 Å². The smallest absolute Gasteiger partial charge is 0.404 e. The lowest BCUT2D eigenvalue weighted by molar-refractivity contribution is -0.0240. The molecule has 6 heteroatoms. The summed E-state index contributed by atoms with van der Waals surface area (Å²) in [5.41, 5.74) is 9.66. The van der Waals surface area contributed by atoms with Crippen LogP contribution < -0.4 is 11.5 Å². The summed E-state index contributed by atoms with van der Waals surface area (Å²) in [6.07, 6.45) is -1.41. The molecule has 4 N–H and O–H groups in total. The molecule has 0 rings (SSSR count). The minimum Gasteiger partial charge on any atom is -0.449 e. The Bertz CT molecular complexity index is 273. The normalized spacial score (nSPS) is 14.8. The molecule has 2 amide bonds. The highest BCUT2D eigenvalue weighted by molar-refractivity contribution is 5.65. The number of ether oxygens (including phenoxy) is 2. The van der Waals surface area contributed by atoms with Gasteiger partial charge in [0.25, 0.3) is 0 Å². The summed E-state index contributed by atoms with van der Waals surface area (Å²) in [6.45, 7) is 7.80. The van der Waals surface area contributed by atoms with Gasteiger partial charge in [0.05, 0.1) is 6.61 Å². The average Bonchev–Trinajstić information content (AvgIpc) is 2.14. The van der Waals surface area contributed by atoms with E-state index in [9.17, 15) is 9.59 Å². The number of hydrogen-bond acceptors (Lipinski definition) is 4. The molecular weight excluding hydrogens is 224 g/mol. The first kappa shape index (κ1) is 15.5. The number of hydrogen-bond donors (Lipinski definition) is 2. The molecule has 6 nitrogen and oxygen atoms in total. The molecule has 0 bridgehead atoms. The van der Waals surface area contributed by atoms with E-state index in [1.54, 1.807) is 0 Å². The minimum absolute atomic E-state index is 0.112. The summed E-state index contributed by atoms with van der Waals surface area (Å²) >= 11 is 0. The standard InChI is InChI=1S/C11H22N2O4/c1-5-7(6-16-9(12)14)8(11(2,3)4)17-10(13)15/h7-8H,5-6H2,1-4H3,(H2,12,14)(H2,13,15). The van der Waals surface area contributed by atoms with E-state index in [0.717, 1.165) is 0 Å². The Kier molecular flexibility index (Phi) is 5.78. The Labute approximate surface area is 102 Å². The number of carbonyl (C=O) groups excluding carboxylic acids is 2. The molecule has 0 saturated carbocycles. The van der Waals surface area contributed by atoms with E-state index in [-0.39, 0.29) is 17.9 Å². The van der Waals surface area contributed by atoms with Crippen molar-refractivity contribution in [3.63, 3.8) is 0 Å². The Balaban J connectivity index is 4.72. The largest absolute Gasteiger partial charge is 0.449 e. The van der Waals surface area contributed by atoms with Gasteiger partial charge in [-0.1, -0.05) is 27.7 Å². The topological polar surface area (TPSA) is 105 Å². The highest BCUT2D eigenvalue weighted by atomic mass is 16.6. The third-order valence-electron chi connectivity index (χ3n) is 2.49. The van der Waals surface area contributed by atoms with Gasteiger partial charge in [-0.05, 0) is 11.8 Å². The number of primary amides is 2. The van der Waals surface area contributed by atoms with Crippen molar-refractivity contribution < 1.29 is 19.1 Å². The van der Waals surface area contributed by atoms with Gasteiger partial charge >= 0.3 is 12.2 Å². The van der Waals surface area contributed by atoms with E-state index < -0.39 is 18.3 Å². The van der Waals surface area contributed by atoms with E-state index in [0.29, 0.717) is 6.42 Å². The fraction of sp³-hybridized carbons (Fsp3) is 0.818. The van der Waals surface area contributed by atoms with Gasteiger partial charge < -0.3 is 20.9 Å². The van der Waals surface area contributed by atoms with Crippen LogP contribution in [0.1, 0.15) is 34.1 Å². The lowest BCUT2D eigenvalue weighted by Crippen LogP contribution is -2.41. The molecule has 2 unspecified atom stereocenters. The summed E-state index contributed by atoms with van der Waals surface area (Å²) in [7, 11) is 0. The van der Waals surface area contributed by atoms with Crippen LogP contribution in [0.3, 0.4) is 0 Å². The van der Waals surface area contributed by atoms with Crippen LogP contribution in [0.2, 0.25) is 0 Å². The fourth-order valence-corrected chi connectivity index (χ4v) is 1.71. The van der Waals surface area contributed by atoms with Gasteiger partial charge in [0.1, 0.15) is 6.10 Å². The monoisotopic (exact) mass is 246 g/mol. The number of amides is 2. The zero-order valence-corrected chi connectivity index (χ0v) is 10.9. The Morgan fingerprint density at radius 3 is 2.00 bits per heavy atom. The van der Waals surface area contributed by atoms with Crippen LogP contribution in [-0.2, 0) is 9.47 Å². The van der Waals surface area contributed by atoms with Crippen molar-refractivity contribution in [1.82, 2.24) is 0 Å². The Morgan fingerprint density at radius 1 is 1.18 bits per heavy atom. The highest BCUT2D eigenvalue weighted by Gasteiger charge is 2.35. The van der Waals surface area contributed by atoms with E-state index >= 15 is 0 Å². The van der Waals surface area contributed by atoms with E-state index in [4.69, 9.17) is 20.9 Å². The van der Waals surface area contributed by atoms with Crippen molar-refractivity contribution >= 4 is 12.2 Å². The third-order valence-corrected chi connectivity index (χ3v) is 2.49. The quantitative estimate of drug-likeness (QED) is 0.768. The van der Waals surface area contributed by atoms with E-state index in [1.165, 1.54) is 0 Å². The number of nitrogens with two attached hydrogens (primary N) is 2. The Hall–Kier alpha value is -1.46. The van der Waals surface area contributed by atoms with Crippen molar-refractivity contribution in [3.8, 4) is 0 Å². The first-order valence-electron chi connectivity index (χ1n) is 5.56. The molecule has 17 heavy (non-hydrogen) atoms. The second-order valence-electron chi connectivity index (χ2n) is 5.02. The molecule has 0 aliphatic heterocycles. The minimum atomic E-state index is -0.838. The summed E-state index contributed by atoms with van der Waals surface area (Å²) in [6, 6.07) is 0. The fourth-order valence-electron chi connectivity index (χ4n) is 1.71. The molecule has 0 spiro atoms. The van der Waals surface area contributed by atoms with E-state index in [2.05, 4.69) is 0 Å². The summed E-state index contributed by atoms with van der Waals surface area (Å²) in [5, 5.41) is 0. The first-order valence-corrected chi connectivity index (χ1v) is 5.56. The molecule has 0 fully saturated rings. The molecule has 0 radical (unpaired) electrons. The maximum absolute atomic E-state index is 10.9. The van der Waals surface area contributed by atoms with Gasteiger partial charge in [-0.15, -0.1) is 0 Å². The molecule has 0 aliphatic rings. The Morgan fingerprint density at radius 2 is 1.71 bits per heavy atom. The summed E-state index contributed by atoms with van der Waals surface area (Å²) in [4.78, 5) is 21.5. The van der Waals surface area contributed by atoms with Gasteiger partial charge in [0, 0.05) is 5.92 Å². The van der Waals surface area contributed by atoms with Crippen LogP contribution >= 0.6 is 0 Å². The van der Waals surface area contributed by atoms with Gasteiger partial charge in [-0.2, -0.15) is 0 Å². The van der Waals surface area contributed by atoms with Crippen LogP contribution in [0.15, 0.2) is 0 Å². The van der Waals surface area contributed by atoms with Crippen molar-refractivity contribution in [2.45, 2.75) is 40.2 Å². The third kappa shape index (κ3) is 5.99. The van der Waals surface area contributed by atoms with Crippen molar-refractivity contribution in [1.29, 1.82) is 0 Å². The molecule has 0 saturated heterocycles. The molecule has 2 atom stereocenters. The maximum Gasteiger partial charge on any atom is 0.404 e. The molecule has 0 aliphatic carbocycles. The number of rotatable bonds is 5. The van der Waals surface area contributed by atoms with Crippen molar-refractivity contribution in [2.24, 2.45) is 22.8 Å². The van der Waals surface area contributed by atoms with Crippen LogP contribution in [0, 0.1) is 11.3 Å². The van der Waals surface area contributed by atoms with Crippen LogP contribution in [0.4, 0.5) is 9.59 Å². The molecular formula is C11H22N2O4. The van der Waals surface area contributed by atoms with Crippen molar-refractivity contribution in [2.75, 3.05) is 6.61 Å². The first-order chi connectivity index (χ1) is 7.68. The predicted molar refractivity (Wildman–Crippen MR) is 63.2 cm³/mol. The summed E-state index contributed by atoms with van der Waals surface area (Å²) < 4.78 is 9.87. The molecule has 0 aromatic heterocycles. The second-order valence-corrected chi connectivity index (χ2v) is 5.02. The molecule has 100 valence electrons.